The quantitative estimate of drug-likeness (QED) is 0.681. The van der Waals surface area contributed by atoms with Crippen molar-refractivity contribution in [3.63, 3.8) is 0 Å². The van der Waals surface area contributed by atoms with Crippen molar-refractivity contribution in [1.29, 1.82) is 0 Å². The van der Waals surface area contributed by atoms with E-state index in [1.54, 1.807) is 0 Å². The number of rotatable bonds is 1. The largest absolute Gasteiger partial charge is 0.345 e. The first-order valence-corrected chi connectivity index (χ1v) is 5.11. The van der Waals surface area contributed by atoms with Crippen LogP contribution in [0, 0.1) is 0 Å². The van der Waals surface area contributed by atoms with Crippen LogP contribution in [0.25, 0.3) is 0 Å². The van der Waals surface area contributed by atoms with Crippen molar-refractivity contribution in [2.24, 2.45) is 0 Å². The molecule has 1 aliphatic heterocycles. The Bertz CT molecular complexity index is 274. The van der Waals surface area contributed by atoms with E-state index in [2.05, 4.69) is 13.8 Å². The first-order chi connectivity index (χ1) is 6.75. The molecule has 2 nitrogen and oxygen atoms in total. The molecule has 0 spiro atoms. The summed E-state index contributed by atoms with van der Waals surface area (Å²) < 4.78 is 11.4. The van der Waals surface area contributed by atoms with Gasteiger partial charge in [-0.05, 0) is 20.3 Å². The van der Waals surface area contributed by atoms with Crippen LogP contribution in [0.2, 0.25) is 0 Å². The van der Waals surface area contributed by atoms with Gasteiger partial charge in [-0.3, -0.25) is 0 Å². The zero-order valence-corrected chi connectivity index (χ0v) is 8.64. The topological polar surface area (TPSA) is 18.5 Å². The molecule has 2 atom stereocenters. The fourth-order valence-electron chi connectivity index (χ4n) is 1.80. The van der Waals surface area contributed by atoms with Gasteiger partial charge in [0.1, 0.15) is 0 Å². The fraction of sp³-hybridized carbons (Fsp3) is 0.500. The summed E-state index contributed by atoms with van der Waals surface area (Å²) in [4.78, 5) is 0. The predicted molar refractivity (Wildman–Crippen MR) is 54.9 cm³/mol. The van der Waals surface area contributed by atoms with Crippen LogP contribution in [-0.4, -0.2) is 12.2 Å². The van der Waals surface area contributed by atoms with Crippen molar-refractivity contribution < 1.29 is 9.47 Å². The molecule has 1 saturated heterocycles. The van der Waals surface area contributed by atoms with E-state index in [1.807, 2.05) is 30.3 Å². The maximum atomic E-state index is 5.72. The molecule has 1 aromatic rings. The van der Waals surface area contributed by atoms with Crippen LogP contribution < -0.4 is 0 Å². The minimum atomic E-state index is -0.185. The van der Waals surface area contributed by atoms with Crippen molar-refractivity contribution >= 4 is 0 Å². The smallest absolute Gasteiger partial charge is 0.184 e. The van der Waals surface area contributed by atoms with Crippen LogP contribution >= 0.6 is 0 Å². The molecule has 1 heterocycles. The van der Waals surface area contributed by atoms with E-state index in [0.717, 1.165) is 12.0 Å². The number of benzene rings is 1. The molecule has 2 heteroatoms. The third-order valence-corrected chi connectivity index (χ3v) is 2.45. The van der Waals surface area contributed by atoms with Crippen LogP contribution in [0.15, 0.2) is 30.3 Å². The highest BCUT2D eigenvalue weighted by atomic mass is 16.7. The Morgan fingerprint density at radius 3 is 2.14 bits per heavy atom. The summed E-state index contributed by atoms with van der Waals surface area (Å²) in [5.41, 5.74) is 1.10. The lowest BCUT2D eigenvalue weighted by Gasteiger charge is -2.32. The second-order valence-corrected chi connectivity index (χ2v) is 3.87. The average molecular weight is 192 g/mol. The summed E-state index contributed by atoms with van der Waals surface area (Å²) in [5, 5.41) is 0. The molecule has 1 aromatic carbocycles. The van der Waals surface area contributed by atoms with Crippen molar-refractivity contribution in [1.82, 2.24) is 0 Å². The molecular weight excluding hydrogens is 176 g/mol. The van der Waals surface area contributed by atoms with E-state index >= 15 is 0 Å². The first-order valence-electron chi connectivity index (χ1n) is 5.11. The van der Waals surface area contributed by atoms with Crippen molar-refractivity contribution in [2.45, 2.75) is 38.8 Å². The Balaban J connectivity index is 2.11. The molecule has 2 rings (SSSR count). The Hall–Kier alpha value is -0.860. The summed E-state index contributed by atoms with van der Waals surface area (Å²) in [6.45, 7) is 4.18. The van der Waals surface area contributed by atoms with Gasteiger partial charge in [0.25, 0.3) is 0 Å². The molecule has 0 bridgehead atoms. The molecule has 1 aliphatic rings. The minimum absolute atomic E-state index is 0.185. The normalized spacial score (nSPS) is 32.9. The lowest BCUT2D eigenvalue weighted by Crippen LogP contribution is -2.30. The fourth-order valence-corrected chi connectivity index (χ4v) is 1.80. The molecule has 14 heavy (non-hydrogen) atoms. The summed E-state index contributed by atoms with van der Waals surface area (Å²) in [5.74, 6) is 0. The van der Waals surface area contributed by atoms with Gasteiger partial charge in [-0.1, -0.05) is 30.3 Å². The van der Waals surface area contributed by atoms with Crippen molar-refractivity contribution in [2.75, 3.05) is 0 Å². The third kappa shape index (κ3) is 2.14. The van der Waals surface area contributed by atoms with Gasteiger partial charge >= 0.3 is 0 Å². The van der Waals surface area contributed by atoms with Crippen LogP contribution in [0.5, 0.6) is 0 Å². The Morgan fingerprint density at radius 2 is 1.57 bits per heavy atom. The van der Waals surface area contributed by atoms with E-state index < -0.39 is 0 Å². The molecular formula is C12H16O2. The van der Waals surface area contributed by atoms with Crippen LogP contribution in [0.3, 0.4) is 0 Å². The molecule has 0 amide bonds. The van der Waals surface area contributed by atoms with Gasteiger partial charge in [0, 0.05) is 5.56 Å². The van der Waals surface area contributed by atoms with E-state index in [4.69, 9.17) is 9.47 Å². The molecule has 0 N–H and O–H groups in total. The highest BCUT2D eigenvalue weighted by Gasteiger charge is 2.25. The van der Waals surface area contributed by atoms with Gasteiger partial charge in [-0.25, -0.2) is 0 Å². The van der Waals surface area contributed by atoms with Crippen LogP contribution in [-0.2, 0) is 9.47 Å². The van der Waals surface area contributed by atoms with Crippen LogP contribution in [0.1, 0.15) is 32.1 Å². The monoisotopic (exact) mass is 192 g/mol. The SMILES string of the molecule is C[C@H]1C[C@H](C)OC(c2ccccc2)O1. The predicted octanol–water partition coefficient (Wildman–Crippen LogP) is 2.90. The van der Waals surface area contributed by atoms with Crippen LogP contribution in [0.4, 0.5) is 0 Å². The minimum Gasteiger partial charge on any atom is -0.345 e. The standard InChI is InChI=1S/C12H16O2/c1-9-8-10(2)14-12(13-9)11-6-4-3-5-7-11/h3-7,9-10,12H,8H2,1-2H3/t9-,10-/m0/s1. The number of hydrogen-bond donors (Lipinski definition) is 0. The first kappa shape index (κ1) is 9.69. The zero-order chi connectivity index (χ0) is 9.97. The molecule has 76 valence electrons. The highest BCUT2D eigenvalue weighted by molar-refractivity contribution is 5.16. The average Bonchev–Trinajstić information content (AvgIpc) is 2.18. The van der Waals surface area contributed by atoms with Crippen molar-refractivity contribution in [3.05, 3.63) is 35.9 Å². The summed E-state index contributed by atoms with van der Waals surface area (Å²) in [7, 11) is 0. The Labute approximate surface area is 84.8 Å². The van der Waals surface area contributed by atoms with E-state index in [9.17, 15) is 0 Å². The molecule has 0 saturated carbocycles. The zero-order valence-electron chi connectivity index (χ0n) is 8.64. The second kappa shape index (κ2) is 4.11. The van der Waals surface area contributed by atoms with Gasteiger partial charge in [0.05, 0.1) is 12.2 Å². The van der Waals surface area contributed by atoms with Crippen molar-refractivity contribution in [3.8, 4) is 0 Å². The molecule has 0 unspecified atom stereocenters. The van der Waals surface area contributed by atoms with E-state index in [-0.39, 0.29) is 18.5 Å². The van der Waals surface area contributed by atoms with Gasteiger partial charge in [0.2, 0.25) is 0 Å². The highest BCUT2D eigenvalue weighted by Crippen LogP contribution is 2.28. The third-order valence-electron chi connectivity index (χ3n) is 2.45. The summed E-state index contributed by atoms with van der Waals surface area (Å²) >= 11 is 0. The summed E-state index contributed by atoms with van der Waals surface area (Å²) in [6.07, 6.45) is 1.35. The molecule has 1 fully saturated rings. The Kier molecular flexibility index (Phi) is 2.85. The lowest BCUT2D eigenvalue weighted by atomic mass is 10.1. The van der Waals surface area contributed by atoms with E-state index in [1.165, 1.54) is 0 Å². The summed E-state index contributed by atoms with van der Waals surface area (Å²) in [6, 6.07) is 10.1. The second-order valence-electron chi connectivity index (χ2n) is 3.87. The van der Waals surface area contributed by atoms with Gasteiger partial charge < -0.3 is 9.47 Å². The van der Waals surface area contributed by atoms with E-state index in [0.29, 0.717) is 0 Å². The van der Waals surface area contributed by atoms with Gasteiger partial charge in [-0.15, -0.1) is 0 Å². The lowest BCUT2D eigenvalue weighted by molar-refractivity contribution is -0.239. The maximum absolute atomic E-state index is 5.72. The molecule has 0 radical (unpaired) electrons. The Morgan fingerprint density at radius 1 is 1.00 bits per heavy atom. The van der Waals surface area contributed by atoms with Gasteiger partial charge in [-0.2, -0.15) is 0 Å². The molecule has 0 aromatic heterocycles. The maximum Gasteiger partial charge on any atom is 0.184 e. The molecule has 0 aliphatic carbocycles. The number of hydrogen-bond acceptors (Lipinski definition) is 2. The van der Waals surface area contributed by atoms with Gasteiger partial charge in [0.15, 0.2) is 6.29 Å². The number of ether oxygens (including phenoxy) is 2.